The molecule has 0 saturated carbocycles. The second-order valence-corrected chi connectivity index (χ2v) is 6.30. The van der Waals surface area contributed by atoms with Crippen molar-refractivity contribution < 1.29 is 18.7 Å². The predicted molar refractivity (Wildman–Crippen MR) is 104 cm³/mol. The molecule has 3 aromatic carbocycles. The summed E-state index contributed by atoms with van der Waals surface area (Å²) in [6.07, 6.45) is 0.600. The van der Waals surface area contributed by atoms with Crippen LogP contribution in [0.4, 0.5) is 4.39 Å². The van der Waals surface area contributed by atoms with E-state index in [1.807, 2.05) is 42.5 Å². The minimum Gasteiger partial charge on any atom is -0.452 e. The van der Waals surface area contributed by atoms with Gasteiger partial charge >= 0.3 is 5.97 Å². The van der Waals surface area contributed by atoms with Crippen LogP contribution in [0.3, 0.4) is 0 Å². The minimum absolute atomic E-state index is 0.237. The number of hydrogen-bond acceptors (Lipinski definition) is 3. The number of nitrogens with one attached hydrogen (secondary N) is 1. The zero-order valence-corrected chi connectivity index (χ0v) is 15.2. The fraction of sp³-hybridized carbons (Fsp3) is 0.130. The summed E-state index contributed by atoms with van der Waals surface area (Å²) < 4.78 is 18.0. The average Bonchev–Trinajstić information content (AvgIpc) is 2.73. The van der Waals surface area contributed by atoms with E-state index >= 15 is 0 Å². The van der Waals surface area contributed by atoms with E-state index in [0.29, 0.717) is 12.0 Å². The van der Waals surface area contributed by atoms with E-state index in [1.54, 1.807) is 24.3 Å². The highest BCUT2D eigenvalue weighted by Gasteiger charge is 2.14. The van der Waals surface area contributed by atoms with Gasteiger partial charge in [-0.3, -0.25) is 4.79 Å². The van der Waals surface area contributed by atoms with Crippen molar-refractivity contribution in [2.75, 3.05) is 6.61 Å². The number of carbonyl (C=O) groups excluding carboxylic acids is 2. The number of benzene rings is 3. The quantitative estimate of drug-likeness (QED) is 0.636. The Balaban J connectivity index is 1.54. The number of esters is 1. The van der Waals surface area contributed by atoms with Crippen LogP contribution in [0, 0.1) is 5.82 Å². The standard InChI is InChI=1S/C23H20FNO3/c24-20-12-10-18(11-13-20)15-25-22(26)16-28-23(27)21-9-5-4-8-19(21)14-17-6-2-1-3-7-17/h1-13H,14-16H2,(H,25,26). The van der Waals surface area contributed by atoms with Gasteiger partial charge in [-0.05, 0) is 41.3 Å². The van der Waals surface area contributed by atoms with Gasteiger partial charge in [-0.1, -0.05) is 60.7 Å². The van der Waals surface area contributed by atoms with Crippen molar-refractivity contribution in [3.05, 3.63) is 107 Å². The van der Waals surface area contributed by atoms with Gasteiger partial charge in [-0.25, -0.2) is 9.18 Å². The normalized spacial score (nSPS) is 10.3. The molecule has 1 amide bonds. The fourth-order valence-corrected chi connectivity index (χ4v) is 2.75. The number of ether oxygens (including phenoxy) is 1. The topological polar surface area (TPSA) is 55.4 Å². The summed E-state index contributed by atoms with van der Waals surface area (Å²) in [5, 5.41) is 2.64. The maximum absolute atomic E-state index is 12.9. The van der Waals surface area contributed by atoms with Crippen molar-refractivity contribution in [3.63, 3.8) is 0 Å². The summed E-state index contributed by atoms with van der Waals surface area (Å²) >= 11 is 0. The maximum Gasteiger partial charge on any atom is 0.338 e. The Bertz CT molecular complexity index is 940. The maximum atomic E-state index is 12.9. The van der Waals surface area contributed by atoms with Crippen LogP contribution >= 0.6 is 0 Å². The molecule has 5 heteroatoms. The molecule has 0 radical (unpaired) electrons. The highest BCUT2D eigenvalue weighted by molar-refractivity contribution is 5.92. The molecule has 0 aliphatic rings. The molecule has 0 spiro atoms. The van der Waals surface area contributed by atoms with Crippen molar-refractivity contribution in [1.29, 1.82) is 0 Å². The molecule has 1 N–H and O–H groups in total. The van der Waals surface area contributed by atoms with Crippen LogP contribution in [0.1, 0.15) is 27.0 Å². The first-order valence-corrected chi connectivity index (χ1v) is 8.92. The lowest BCUT2D eigenvalue weighted by Crippen LogP contribution is -2.28. The van der Waals surface area contributed by atoms with Gasteiger partial charge in [-0.15, -0.1) is 0 Å². The third kappa shape index (κ3) is 5.51. The van der Waals surface area contributed by atoms with Crippen LogP contribution in [-0.2, 0) is 22.5 Å². The monoisotopic (exact) mass is 377 g/mol. The van der Waals surface area contributed by atoms with E-state index in [4.69, 9.17) is 4.74 Å². The third-order valence-corrected chi connectivity index (χ3v) is 4.21. The highest BCUT2D eigenvalue weighted by atomic mass is 19.1. The van der Waals surface area contributed by atoms with Crippen molar-refractivity contribution in [2.24, 2.45) is 0 Å². The Hall–Kier alpha value is -3.47. The molecular formula is C23H20FNO3. The number of hydrogen-bond donors (Lipinski definition) is 1. The summed E-state index contributed by atoms with van der Waals surface area (Å²) in [6.45, 7) is -0.138. The Morgan fingerprint density at radius 3 is 2.25 bits per heavy atom. The molecule has 0 unspecified atom stereocenters. The van der Waals surface area contributed by atoms with E-state index in [2.05, 4.69) is 5.32 Å². The molecule has 3 rings (SSSR count). The lowest BCUT2D eigenvalue weighted by molar-refractivity contribution is -0.124. The van der Waals surface area contributed by atoms with E-state index in [1.165, 1.54) is 12.1 Å². The number of amides is 1. The van der Waals surface area contributed by atoms with Crippen molar-refractivity contribution in [3.8, 4) is 0 Å². The smallest absolute Gasteiger partial charge is 0.338 e. The molecule has 142 valence electrons. The summed E-state index contributed by atoms with van der Waals surface area (Å²) in [7, 11) is 0. The van der Waals surface area contributed by atoms with Gasteiger partial charge in [0.05, 0.1) is 5.56 Å². The van der Waals surface area contributed by atoms with Crippen LogP contribution in [0.15, 0.2) is 78.9 Å². The molecule has 0 bridgehead atoms. The third-order valence-electron chi connectivity index (χ3n) is 4.21. The first-order valence-electron chi connectivity index (χ1n) is 8.92. The molecule has 0 aromatic heterocycles. The van der Waals surface area contributed by atoms with E-state index in [-0.39, 0.29) is 19.0 Å². The Labute approximate surface area is 163 Å². The lowest BCUT2D eigenvalue weighted by Gasteiger charge is -2.10. The van der Waals surface area contributed by atoms with Gasteiger partial charge in [0.1, 0.15) is 5.82 Å². The molecule has 0 aliphatic carbocycles. The Morgan fingerprint density at radius 2 is 1.50 bits per heavy atom. The molecule has 3 aromatic rings. The molecule has 0 aliphatic heterocycles. The molecule has 0 fully saturated rings. The van der Waals surface area contributed by atoms with E-state index in [9.17, 15) is 14.0 Å². The molecule has 28 heavy (non-hydrogen) atoms. The highest BCUT2D eigenvalue weighted by Crippen LogP contribution is 2.15. The summed E-state index contributed by atoms with van der Waals surface area (Å²) in [5.74, 6) is -1.29. The average molecular weight is 377 g/mol. The number of halogens is 1. The first-order chi connectivity index (χ1) is 13.6. The predicted octanol–water partition coefficient (Wildman–Crippen LogP) is 3.89. The fourth-order valence-electron chi connectivity index (χ4n) is 2.75. The zero-order valence-electron chi connectivity index (χ0n) is 15.2. The van der Waals surface area contributed by atoms with Crippen LogP contribution < -0.4 is 5.32 Å². The second-order valence-electron chi connectivity index (χ2n) is 6.30. The van der Waals surface area contributed by atoms with Gasteiger partial charge in [0.2, 0.25) is 0 Å². The number of rotatable bonds is 7. The van der Waals surface area contributed by atoms with Crippen LogP contribution in [0.2, 0.25) is 0 Å². The van der Waals surface area contributed by atoms with Crippen molar-refractivity contribution >= 4 is 11.9 Å². The van der Waals surface area contributed by atoms with E-state index < -0.39 is 11.9 Å². The molecule has 0 atom stereocenters. The van der Waals surface area contributed by atoms with E-state index in [0.717, 1.165) is 16.7 Å². The van der Waals surface area contributed by atoms with Crippen molar-refractivity contribution in [2.45, 2.75) is 13.0 Å². The molecule has 4 nitrogen and oxygen atoms in total. The summed E-state index contributed by atoms with van der Waals surface area (Å²) in [5.41, 5.74) is 3.12. The van der Waals surface area contributed by atoms with Crippen LogP contribution in [0.25, 0.3) is 0 Å². The summed E-state index contributed by atoms with van der Waals surface area (Å²) in [4.78, 5) is 24.4. The Morgan fingerprint density at radius 1 is 0.821 bits per heavy atom. The van der Waals surface area contributed by atoms with Gasteiger partial charge in [0.25, 0.3) is 5.91 Å². The van der Waals surface area contributed by atoms with Gasteiger partial charge in [0.15, 0.2) is 6.61 Å². The summed E-state index contributed by atoms with van der Waals surface area (Å²) in [6, 6.07) is 22.8. The van der Waals surface area contributed by atoms with Crippen LogP contribution in [-0.4, -0.2) is 18.5 Å². The van der Waals surface area contributed by atoms with Gasteiger partial charge < -0.3 is 10.1 Å². The molecule has 0 saturated heterocycles. The largest absolute Gasteiger partial charge is 0.452 e. The molecule has 0 heterocycles. The lowest BCUT2D eigenvalue weighted by atomic mass is 10.00. The Kier molecular flexibility index (Phi) is 6.52. The number of carbonyl (C=O) groups is 2. The zero-order chi connectivity index (χ0) is 19.8. The molecular weight excluding hydrogens is 357 g/mol. The first kappa shape index (κ1) is 19.3. The van der Waals surface area contributed by atoms with Crippen LogP contribution in [0.5, 0.6) is 0 Å². The van der Waals surface area contributed by atoms with Crippen molar-refractivity contribution in [1.82, 2.24) is 5.32 Å². The minimum atomic E-state index is -0.538. The van der Waals surface area contributed by atoms with Gasteiger partial charge in [0, 0.05) is 6.54 Å². The SMILES string of the molecule is O=C(COC(=O)c1ccccc1Cc1ccccc1)NCc1ccc(F)cc1. The van der Waals surface area contributed by atoms with Gasteiger partial charge in [-0.2, -0.15) is 0 Å². The second kappa shape index (κ2) is 9.46.